The maximum atomic E-state index is 11.3. The van der Waals surface area contributed by atoms with Crippen molar-refractivity contribution in [3.63, 3.8) is 0 Å². The number of anilines is 1. The van der Waals surface area contributed by atoms with Crippen molar-refractivity contribution in [2.45, 2.75) is 30.0 Å². The molecule has 0 saturated heterocycles. The van der Waals surface area contributed by atoms with E-state index in [1.54, 1.807) is 17.0 Å². The number of hydrogen-bond donors (Lipinski definition) is 2. The third-order valence-electron chi connectivity index (χ3n) is 3.00. The monoisotopic (exact) mass is 281 g/mol. The number of carboxylic acid groups (broad SMARTS) is 2. The molecular formula is C13H15NO4S. The molecule has 0 saturated carbocycles. The van der Waals surface area contributed by atoms with Crippen LogP contribution in [-0.4, -0.2) is 34.1 Å². The normalized spacial score (nSPS) is 17.3. The summed E-state index contributed by atoms with van der Waals surface area (Å²) in [6, 6.07) is 4.94. The number of benzene rings is 1. The van der Waals surface area contributed by atoms with Crippen LogP contribution in [0.4, 0.5) is 5.69 Å². The minimum absolute atomic E-state index is 0.171. The molecule has 5 nitrogen and oxygen atoms in total. The third-order valence-corrected chi connectivity index (χ3v) is 4.26. The van der Waals surface area contributed by atoms with Gasteiger partial charge in [-0.15, -0.1) is 0 Å². The first-order chi connectivity index (χ1) is 9.06. The van der Waals surface area contributed by atoms with Crippen molar-refractivity contribution in [2.24, 2.45) is 0 Å². The summed E-state index contributed by atoms with van der Waals surface area (Å²) in [5, 5.41) is 17.8. The third kappa shape index (κ3) is 2.53. The first-order valence-electron chi connectivity index (χ1n) is 6.08. The van der Waals surface area contributed by atoms with Crippen LogP contribution < -0.4 is 4.90 Å². The molecule has 1 heterocycles. The zero-order valence-corrected chi connectivity index (χ0v) is 11.3. The molecule has 1 unspecified atom stereocenters. The summed E-state index contributed by atoms with van der Waals surface area (Å²) in [4.78, 5) is 25.0. The topological polar surface area (TPSA) is 77.8 Å². The minimum Gasteiger partial charge on any atom is -0.479 e. The summed E-state index contributed by atoms with van der Waals surface area (Å²) in [7, 11) is 0. The molecule has 2 N–H and O–H groups in total. The number of unbranched alkanes of at least 4 members (excludes halogenated alkanes) is 1. The molecule has 2 rings (SSSR count). The van der Waals surface area contributed by atoms with Gasteiger partial charge in [0.05, 0.1) is 11.3 Å². The minimum atomic E-state index is -1.02. The average molecular weight is 281 g/mol. The lowest BCUT2D eigenvalue weighted by atomic mass is 10.1. The van der Waals surface area contributed by atoms with Crippen molar-refractivity contribution in [3.8, 4) is 0 Å². The molecule has 6 heteroatoms. The van der Waals surface area contributed by atoms with Crippen LogP contribution in [0.1, 0.15) is 30.1 Å². The molecule has 1 aromatic carbocycles. The molecule has 1 aliphatic heterocycles. The van der Waals surface area contributed by atoms with E-state index in [2.05, 4.69) is 0 Å². The SMILES string of the molecule is CCCCN1c2c(cccc2C(=O)O)SC1C(=O)O. The molecule has 0 fully saturated rings. The molecule has 0 amide bonds. The van der Waals surface area contributed by atoms with E-state index in [9.17, 15) is 19.8 Å². The lowest BCUT2D eigenvalue weighted by Gasteiger charge is -2.24. The van der Waals surface area contributed by atoms with E-state index in [-0.39, 0.29) is 5.56 Å². The number of aromatic carboxylic acids is 1. The first kappa shape index (κ1) is 13.7. The van der Waals surface area contributed by atoms with E-state index >= 15 is 0 Å². The molecule has 1 aromatic rings. The highest BCUT2D eigenvalue weighted by Gasteiger charge is 2.37. The van der Waals surface area contributed by atoms with E-state index in [1.165, 1.54) is 17.8 Å². The van der Waals surface area contributed by atoms with Crippen molar-refractivity contribution in [2.75, 3.05) is 11.4 Å². The van der Waals surface area contributed by atoms with Crippen molar-refractivity contribution in [1.29, 1.82) is 0 Å². The van der Waals surface area contributed by atoms with Gasteiger partial charge in [-0.2, -0.15) is 0 Å². The van der Waals surface area contributed by atoms with Gasteiger partial charge in [0.1, 0.15) is 0 Å². The predicted molar refractivity (Wildman–Crippen MR) is 72.9 cm³/mol. The number of carboxylic acids is 2. The highest BCUT2D eigenvalue weighted by atomic mass is 32.2. The smallest absolute Gasteiger partial charge is 0.337 e. The Kier molecular flexibility index (Phi) is 3.99. The highest BCUT2D eigenvalue weighted by molar-refractivity contribution is 8.01. The average Bonchev–Trinajstić information content (AvgIpc) is 2.74. The Morgan fingerprint density at radius 2 is 2.11 bits per heavy atom. The van der Waals surface area contributed by atoms with Crippen LogP contribution in [0.15, 0.2) is 23.1 Å². The largest absolute Gasteiger partial charge is 0.479 e. The second-order valence-corrected chi connectivity index (χ2v) is 5.43. The van der Waals surface area contributed by atoms with Crippen molar-refractivity contribution < 1.29 is 19.8 Å². The van der Waals surface area contributed by atoms with Crippen LogP contribution in [-0.2, 0) is 4.79 Å². The van der Waals surface area contributed by atoms with Crippen LogP contribution in [0.5, 0.6) is 0 Å². The zero-order chi connectivity index (χ0) is 14.0. The van der Waals surface area contributed by atoms with Gasteiger partial charge < -0.3 is 15.1 Å². The van der Waals surface area contributed by atoms with Gasteiger partial charge in [-0.1, -0.05) is 31.2 Å². The van der Waals surface area contributed by atoms with Gasteiger partial charge in [0.15, 0.2) is 5.37 Å². The summed E-state index contributed by atoms with van der Waals surface area (Å²) in [6.07, 6.45) is 1.76. The number of carbonyl (C=O) groups is 2. The number of fused-ring (bicyclic) bond motifs is 1. The predicted octanol–water partition coefficient (Wildman–Crippen LogP) is 2.51. The quantitative estimate of drug-likeness (QED) is 0.863. The molecule has 0 spiro atoms. The van der Waals surface area contributed by atoms with E-state index < -0.39 is 17.3 Å². The summed E-state index contributed by atoms with van der Waals surface area (Å²) in [5.74, 6) is -1.96. The molecule has 0 radical (unpaired) electrons. The molecule has 0 aromatic heterocycles. The van der Waals surface area contributed by atoms with Crippen molar-refractivity contribution >= 4 is 29.4 Å². The van der Waals surface area contributed by atoms with Gasteiger partial charge in [-0.05, 0) is 18.6 Å². The Morgan fingerprint density at radius 1 is 1.37 bits per heavy atom. The van der Waals surface area contributed by atoms with Crippen molar-refractivity contribution in [3.05, 3.63) is 23.8 Å². The van der Waals surface area contributed by atoms with Gasteiger partial charge in [0, 0.05) is 11.4 Å². The van der Waals surface area contributed by atoms with E-state index in [1.807, 2.05) is 6.92 Å². The van der Waals surface area contributed by atoms with Crippen LogP contribution in [0.2, 0.25) is 0 Å². The Bertz CT molecular complexity index is 517. The van der Waals surface area contributed by atoms with Crippen molar-refractivity contribution in [1.82, 2.24) is 0 Å². The summed E-state index contributed by atoms with van der Waals surface area (Å²) < 4.78 is 0. The second-order valence-electron chi connectivity index (χ2n) is 4.31. The number of rotatable bonds is 5. The fourth-order valence-corrected chi connectivity index (χ4v) is 3.30. The number of thioether (sulfide) groups is 1. The Hall–Kier alpha value is -1.69. The lowest BCUT2D eigenvalue weighted by Crippen LogP contribution is -2.37. The number of hydrogen-bond acceptors (Lipinski definition) is 4. The van der Waals surface area contributed by atoms with Gasteiger partial charge in [0.2, 0.25) is 0 Å². The number of nitrogens with zero attached hydrogens (tertiary/aromatic N) is 1. The van der Waals surface area contributed by atoms with E-state index in [0.717, 1.165) is 17.7 Å². The van der Waals surface area contributed by atoms with Crippen LogP contribution in [0.25, 0.3) is 0 Å². The highest BCUT2D eigenvalue weighted by Crippen LogP contribution is 2.45. The van der Waals surface area contributed by atoms with Crippen LogP contribution >= 0.6 is 11.8 Å². The number of aliphatic carboxylic acids is 1. The lowest BCUT2D eigenvalue weighted by molar-refractivity contribution is -0.136. The maximum Gasteiger partial charge on any atom is 0.337 e. The summed E-state index contributed by atoms with van der Waals surface area (Å²) in [5.41, 5.74) is 0.714. The second kappa shape index (κ2) is 5.52. The molecule has 0 bridgehead atoms. The molecule has 0 aliphatic carbocycles. The fraction of sp³-hybridized carbons (Fsp3) is 0.385. The van der Waals surface area contributed by atoms with Gasteiger partial charge in [0.25, 0.3) is 0 Å². The van der Waals surface area contributed by atoms with Crippen LogP contribution in [0, 0.1) is 0 Å². The molecule has 102 valence electrons. The molecule has 19 heavy (non-hydrogen) atoms. The first-order valence-corrected chi connectivity index (χ1v) is 6.96. The van der Waals surface area contributed by atoms with Crippen LogP contribution in [0.3, 0.4) is 0 Å². The van der Waals surface area contributed by atoms with Gasteiger partial charge >= 0.3 is 11.9 Å². The number of para-hydroxylation sites is 1. The van der Waals surface area contributed by atoms with Gasteiger partial charge in [-0.3, -0.25) is 0 Å². The summed E-state index contributed by atoms with van der Waals surface area (Å²) >= 11 is 1.20. The van der Waals surface area contributed by atoms with E-state index in [4.69, 9.17) is 0 Å². The molecule has 1 atom stereocenters. The standard InChI is InChI=1S/C13H15NO4S/c1-2-3-7-14-10-8(12(15)16)5-4-6-9(10)19-11(14)13(17)18/h4-6,11H,2-3,7H2,1H3,(H,15,16)(H,17,18). The zero-order valence-electron chi connectivity index (χ0n) is 10.5. The Balaban J connectivity index is 2.44. The Labute approximate surface area is 115 Å². The maximum absolute atomic E-state index is 11.3. The molecule has 1 aliphatic rings. The van der Waals surface area contributed by atoms with Gasteiger partial charge in [-0.25, -0.2) is 9.59 Å². The molecular weight excluding hydrogens is 266 g/mol. The van der Waals surface area contributed by atoms with E-state index in [0.29, 0.717) is 12.2 Å². The summed E-state index contributed by atoms with van der Waals surface area (Å²) in [6.45, 7) is 2.57. The fourth-order valence-electron chi connectivity index (χ4n) is 2.13. The Morgan fingerprint density at radius 3 is 2.68 bits per heavy atom.